The Kier molecular flexibility index (Phi) is 5.97. The van der Waals surface area contributed by atoms with E-state index in [9.17, 15) is 14.7 Å². The van der Waals surface area contributed by atoms with Crippen LogP contribution in [-0.2, 0) is 16.0 Å². The molecule has 0 fully saturated rings. The summed E-state index contributed by atoms with van der Waals surface area (Å²) in [6.45, 7) is 0.275. The van der Waals surface area contributed by atoms with Gasteiger partial charge in [-0.1, -0.05) is 36.4 Å². The highest BCUT2D eigenvalue weighted by Crippen LogP contribution is 2.38. The summed E-state index contributed by atoms with van der Waals surface area (Å²) in [5.74, 6) is -0.434. The van der Waals surface area contributed by atoms with Crippen molar-refractivity contribution in [3.8, 4) is 5.75 Å². The molecular formula is C28H24N2O5. The number of aliphatic hydroxyl groups excluding tert-OH is 1. The first-order valence-electron chi connectivity index (χ1n) is 11.3. The second kappa shape index (κ2) is 9.38. The minimum atomic E-state index is -0.815. The number of furan rings is 1. The van der Waals surface area contributed by atoms with Crippen LogP contribution in [0.15, 0.2) is 94.9 Å². The summed E-state index contributed by atoms with van der Waals surface area (Å²) in [5.41, 5.74) is 2.80. The molecule has 1 amide bonds. The minimum absolute atomic E-state index is 0.0118. The molecule has 1 aliphatic heterocycles. The number of carbonyl (C=O) groups excluding carboxylic acids is 2. The standard InChI is InChI=1S/C28H24N2O5/c1-34-20-10-11-22-21(16-20)19(17-29-22)13-14-30-26(24-8-5-15-35-24)25(27(32)28(30)33)23(31)12-9-18-6-3-2-4-7-18/h2-12,15-17,26,29,32H,13-14H2,1H3/b12-9+. The average molecular weight is 469 g/mol. The van der Waals surface area contributed by atoms with Gasteiger partial charge in [-0.2, -0.15) is 0 Å². The van der Waals surface area contributed by atoms with Crippen LogP contribution in [0.5, 0.6) is 5.75 Å². The summed E-state index contributed by atoms with van der Waals surface area (Å²) in [6, 6.07) is 17.7. The Morgan fingerprint density at radius 2 is 2.00 bits per heavy atom. The van der Waals surface area contributed by atoms with Gasteiger partial charge in [0.15, 0.2) is 11.5 Å². The van der Waals surface area contributed by atoms with Gasteiger partial charge < -0.3 is 24.1 Å². The minimum Gasteiger partial charge on any atom is -0.503 e. The number of hydrogen-bond acceptors (Lipinski definition) is 5. The number of H-pyrrole nitrogens is 1. The van der Waals surface area contributed by atoms with E-state index < -0.39 is 23.5 Å². The van der Waals surface area contributed by atoms with Gasteiger partial charge in [0.05, 0.1) is 18.9 Å². The SMILES string of the molecule is COc1ccc2[nH]cc(CCN3C(=O)C(O)=C(C(=O)/C=C/c4ccccc4)C3c3ccco3)c2c1. The molecule has 176 valence electrons. The topological polar surface area (TPSA) is 95.8 Å². The third-order valence-electron chi connectivity index (χ3n) is 6.21. The number of benzene rings is 2. The molecule has 5 rings (SSSR count). The number of hydrogen-bond donors (Lipinski definition) is 2. The number of fused-ring (bicyclic) bond motifs is 1. The van der Waals surface area contributed by atoms with E-state index in [1.807, 2.05) is 54.7 Å². The van der Waals surface area contributed by atoms with Crippen LogP contribution < -0.4 is 4.74 Å². The molecule has 7 heteroatoms. The van der Waals surface area contributed by atoms with Crippen LogP contribution in [0.25, 0.3) is 17.0 Å². The van der Waals surface area contributed by atoms with Crippen molar-refractivity contribution in [2.24, 2.45) is 0 Å². The number of aromatic nitrogens is 1. The second-order valence-electron chi connectivity index (χ2n) is 8.26. The Labute approximate surface area is 201 Å². The number of amides is 1. The molecular weight excluding hydrogens is 444 g/mol. The molecule has 1 aliphatic rings. The predicted octanol–water partition coefficient (Wildman–Crippen LogP) is 4.99. The lowest BCUT2D eigenvalue weighted by Gasteiger charge is -2.24. The van der Waals surface area contributed by atoms with Crippen LogP contribution >= 0.6 is 0 Å². The van der Waals surface area contributed by atoms with Gasteiger partial charge in [-0.3, -0.25) is 9.59 Å². The van der Waals surface area contributed by atoms with Crippen molar-refractivity contribution in [1.29, 1.82) is 0 Å². The molecule has 0 saturated carbocycles. The molecule has 35 heavy (non-hydrogen) atoms. The number of aromatic amines is 1. The molecule has 1 atom stereocenters. The van der Waals surface area contributed by atoms with Crippen LogP contribution in [0, 0.1) is 0 Å². The fourth-order valence-electron chi connectivity index (χ4n) is 4.44. The van der Waals surface area contributed by atoms with Crippen molar-refractivity contribution < 1.29 is 23.8 Å². The van der Waals surface area contributed by atoms with Crippen molar-refractivity contribution in [2.75, 3.05) is 13.7 Å². The number of nitrogens with one attached hydrogen (secondary N) is 1. The van der Waals surface area contributed by atoms with Gasteiger partial charge in [0.25, 0.3) is 5.91 Å². The molecule has 4 aromatic rings. The van der Waals surface area contributed by atoms with Gasteiger partial charge in [0, 0.05) is 23.6 Å². The lowest BCUT2D eigenvalue weighted by Crippen LogP contribution is -2.32. The highest BCUT2D eigenvalue weighted by atomic mass is 16.5. The zero-order valence-electron chi connectivity index (χ0n) is 19.1. The van der Waals surface area contributed by atoms with Gasteiger partial charge in [0.1, 0.15) is 17.6 Å². The van der Waals surface area contributed by atoms with E-state index in [2.05, 4.69) is 4.98 Å². The van der Waals surface area contributed by atoms with Crippen molar-refractivity contribution in [2.45, 2.75) is 12.5 Å². The Hall–Kier alpha value is -4.52. The molecule has 3 heterocycles. The predicted molar refractivity (Wildman–Crippen MR) is 132 cm³/mol. The summed E-state index contributed by atoms with van der Waals surface area (Å²) >= 11 is 0. The van der Waals surface area contributed by atoms with E-state index in [1.165, 1.54) is 17.2 Å². The van der Waals surface area contributed by atoms with Gasteiger partial charge >= 0.3 is 0 Å². The molecule has 2 N–H and O–H groups in total. The van der Waals surface area contributed by atoms with Gasteiger partial charge in [-0.25, -0.2) is 0 Å². The fraction of sp³-hybridized carbons (Fsp3) is 0.143. The quantitative estimate of drug-likeness (QED) is 0.355. The first-order chi connectivity index (χ1) is 17.1. The number of allylic oxidation sites excluding steroid dienone is 1. The van der Waals surface area contributed by atoms with Crippen LogP contribution in [-0.4, -0.2) is 40.3 Å². The molecule has 2 aromatic carbocycles. The van der Waals surface area contributed by atoms with E-state index >= 15 is 0 Å². The average Bonchev–Trinajstić information content (AvgIpc) is 3.61. The molecule has 0 radical (unpaired) electrons. The highest BCUT2D eigenvalue weighted by Gasteiger charge is 2.44. The molecule has 2 aromatic heterocycles. The first kappa shape index (κ1) is 22.3. The third kappa shape index (κ3) is 4.24. The summed E-state index contributed by atoms with van der Waals surface area (Å²) in [5, 5.41) is 11.7. The largest absolute Gasteiger partial charge is 0.503 e. The molecule has 1 unspecified atom stereocenters. The zero-order chi connectivity index (χ0) is 24.4. The van der Waals surface area contributed by atoms with E-state index in [1.54, 1.807) is 25.3 Å². The van der Waals surface area contributed by atoms with Gasteiger partial charge in [-0.05, 0) is 54.0 Å². The van der Waals surface area contributed by atoms with Crippen LogP contribution in [0.2, 0.25) is 0 Å². The molecule has 0 spiro atoms. The third-order valence-corrected chi connectivity index (χ3v) is 6.21. The zero-order valence-corrected chi connectivity index (χ0v) is 19.1. The Morgan fingerprint density at radius 1 is 1.17 bits per heavy atom. The Morgan fingerprint density at radius 3 is 2.74 bits per heavy atom. The maximum atomic E-state index is 13.2. The van der Waals surface area contributed by atoms with Crippen molar-refractivity contribution >= 4 is 28.7 Å². The van der Waals surface area contributed by atoms with Crippen molar-refractivity contribution in [3.63, 3.8) is 0 Å². The Balaban J connectivity index is 1.43. The fourth-order valence-corrected chi connectivity index (χ4v) is 4.44. The molecule has 0 saturated heterocycles. The summed E-state index contributed by atoms with van der Waals surface area (Å²) < 4.78 is 10.9. The number of methoxy groups -OCH3 is 1. The van der Waals surface area contributed by atoms with Crippen molar-refractivity contribution in [1.82, 2.24) is 9.88 Å². The highest BCUT2D eigenvalue weighted by molar-refractivity contribution is 6.14. The molecule has 0 bridgehead atoms. The summed E-state index contributed by atoms with van der Waals surface area (Å²) in [6.07, 6.45) is 6.92. The number of ether oxygens (including phenoxy) is 1. The first-order valence-corrected chi connectivity index (χ1v) is 11.3. The van der Waals surface area contributed by atoms with Gasteiger partial charge in [0.2, 0.25) is 0 Å². The number of ketones is 1. The maximum Gasteiger partial charge on any atom is 0.290 e. The molecule has 0 aliphatic carbocycles. The normalized spacial score (nSPS) is 16.1. The summed E-state index contributed by atoms with van der Waals surface area (Å²) in [4.78, 5) is 31.0. The van der Waals surface area contributed by atoms with E-state index in [4.69, 9.17) is 9.15 Å². The van der Waals surface area contributed by atoms with Gasteiger partial charge in [-0.15, -0.1) is 0 Å². The number of carbonyl (C=O) groups is 2. The number of aliphatic hydroxyl groups is 1. The van der Waals surface area contributed by atoms with E-state index in [0.29, 0.717) is 12.2 Å². The van der Waals surface area contributed by atoms with Crippen LogP contribution in [0.3, 0.4) is 0 Å². The lowest BCUT2D eigenvalue weighted by atomic mass is 10.00. The van der Waals surface area contributed by atoms with E-state index in [-0.39, 0.29) is 12.1 Å². The molecule has 7 nitrogen and oxygen atoms in total. The second-order valence-corrected chi connectivity index (χ2v) is 8.26. The van der Waals surface area contributed by atoms with Crippen LogP contribution in [0.4, 0.5) is 0 Å². The number of nitrogens with zero attached hydrogens (tertiary/aromatic N) is 1. The Bertz CT molecular complexity index is 1430. The maximum absolute atomic E-state index is 13.2. The smallest absolute Gasteiger partial charge is 0.290 e. The van der Waals surface area contributed by atoms with E-state index in [0.717, 1.165) is 27.8 Å². The summed E-state index contributed by atoms with van der Waals surface area (Å²) in [7, 11) is 1.61. The lowest BCUT2D eigenvalue weighted by molar-refractivity contribution is -0.129. The van der Waals surface area contributed by atoms with Crippen LogP contribution in [0.1, 0.15) is 22.9 Å². The monoisotopic (exact) mass is 468 g/mol. The van der Waals surface area contributed by atoms with Crippen molar-refractivity contribution in [3.05, 3.63) is 107 Å². The number of rotatable bonds is 8.